The Balaban J connectivity index is 0.00000264. The first-order chi connectivity index (χ1) is 10.5. The fourth-order valence-corrected chi connectivity index (χ4v) is 3.38. The summed E-state index contributed by atoms with van der Waals surface area (Å²) in [5.74, 6) is 0. The van der Waals surface area contributed by atoms with Crippen molar-refractivity contribution in [2.45, 2.75) is 24.8 Å². The molecule has 1 atom stereocenters. The Labute approximate surface area is 155 Å². The van der Waals surface area contributed by atoms with Gasteiger partial charge in [-0.2, -0.15) is 0 Å². The van der Waals surface area contributed by atoms with Gasteiger partial charge < -0.3 is 5.32 Å². The fourth-order valence-electron chi connectivity index (χ4n) is 2.10. The molecule has 0 saturated heterocycles. The van der Waals surface area contributed by atoms with Crippen molar-refractivity contribution in [1.29, 1.82) is 0 Å². The molecule has 24 heavy (non-hydrogen) atoms. The summed E-state index contributed by atoms with van der Waals surface area (Å²) < 4.78 is 27.5. The maximum Gasteiger partial charge on any atom is 0.240 e. The third-order valence-electron chi connectivity index (χ3n) is 3.23. The molecule has 0 spiro atoms. The Bertz CT molecular complexity index is 767. The highest BCUT2D eigenvalue weighted by Gasteiger charge is 2.17. The second kappa shape index (κ2) is 10.6. The number of pyridine rings is 1. The molecule has 0 bridgehead atoms. The van der Waals surface area contributed by atoms with Crippen LogP contribution >= 0.6 is 24.8 Å². The summed E-state index contributed by atoms with van der Waals surface area (Å²) in [7, 11) is -3.52. The fraction of sp³-hybridized carbons (Fsp3) is 0.312. The molecule has 1 aromatic heterocycles. The molecule has 0 aliphatic heterocycles. The second-order valence-electron chi connectivity index (χ2n) is 5.13. The summed E-state index contributed by atoms with van der Waals surface area (Å²) in [6.07, 6.45) is 7.30. The first-order valence-electron chi connectivity index (χ1n) is 7.21. The van der Waals surface area contributed by atoms with Crippen LogP contribution in [0.5, 0.6) is 0 Å². The van der Waals surface area contributed by atoms with E-state index < -0.39 is 10.0 Å². The average molecular weight is 392 g/mol. The molecule has 0 unspecified atom stereocenters. The third-order valence-corrected chi connectivity index (χ3v) is 4.81. The van der Waals surface area contributed by atoms with Crippen molar-refractivity contribution in [2.24, 2.45) is 0 Å². The van der Waals surface area contributed by atoms with Gasteiger partial charge in [-0.1, -0.05) is 18.2 Å². The van der Waals surface area contributed by atoms with Crippen molar-refractivity contribution in [3.63, 3.8) is 0 Å². The van der Waals surface area contributed by atoms with Gasteiger partial charge >= 0.3 is 0 Å². The van der Waals surface area contributed by atoms with Crippen molar-refractivity contribution < 1.29 is 8.42 Å². The zero-order chi connectivity index (χ0) is 16.0. The highest BCUT2D eigenvalue weighted by Crippen LogP contribution is 2.18. The minimum absolute atomic E-state index is 0. The standard InChI is InChI=1S/C16H21N3O2S.2ClH/c1-3-4-8-17-11-13(2)19-22(20,21)16-6-5-15-12-18-9-7-14(15)10-16;;/h3-7,9-10,12-13,17,19H,8,11H2,1-2H3;2*1H/t13-;;/m1../s1. The highest BCUT2D eigenvalue weighted by atomic mass is 35.5. The summed E-state index contributed by atoms with van der Waals surface area (Å²) in [6.45, 7) is 5.08. The van der Waals surface area contributed by atoms with E-state index >= 15 is 0 Å². The highest BCUT2D eigenvalue weighted by molar-refractivity contribution is 7.89. The Kier molecular flexibility index (Phi) is 10.1. The van der Waals surface area contributed by atoms with Gasteiger partial charge in [0.15, 0.2) is 0 Å². The Morgan fingerprint density at radius 2 is 1.96 bits per heavy atom. The van der Waals surface area contributed by atoms with Crippen molar-refractivity contribution in [3.8, 4) is 0 Å². The molecule has 5 nitrogen and oxygen atoms in total. The van der Waals surface area contributed by atoms with E-state index in [0.717, 1.165) is 17.3 Å². The molecular weight excluding hydrogens is 369 g/mol. The van der Waals surface area contributed by atoms with Gasteiger partial charge in [-0.3, -0.25) is 4.98 Å². The predicted octanol–water partition coefficient (Wildman–Crippen LogP) is 2.91. The summed E-state index contributed by atoms with van der Waals surface area (Å²) in [5.41, 5.74) is 0. The van der Waals surface area contributed by atoms with E-state index in [1.54, 1.807) is 36.7 Å². The summed E-state index contributed by atoms with van der Waals surface area (Å²) in [5, 5.41) is 4.94. The number of hydrogen-bond acceptors (Lipinski definition) is 4. The number of allylic oxidation sites excluding steroid dienone is 1. The third kappa shape index (κ3) is 6.37. The lowest BCUT2D eigenvalue weighted by atomic mass is 10.2. The summed E-state index contributed by atoms with van der Waals surface area (Å²) in [4.78, 5) is 4.29. The maximum atomic E-state index is 12.4. The van der Waals surface area contributed by atoms with Crippen LogP contribution in [-0.4, -0.2) is 32.5 Å². The number of nitrogens with zero attached hydrogens (tertiary/aromatic N) is 1. The SMILES string of the molecule is CC=CCNC[C@@H](C)NS(=O)(=O)c1ccc2cnccc2c1.Cl.Cl. The quantitative estimate of drug-likeness (QED) is 0.562. The molecule has 0 saturated carbocycles. The van der Waals surface area contributed by atoms with Crippen molar-refractivity contribution in [1.82, 2.24) is 15.0 Å². The van der Waals surface area contributed by atoms with Crippen LogP contribution in [0.25, 0.3) is 10.8 Å². The van der Waals surface area contributed by atoms with Crippen LogP contribution in [0.2, 0.25) is 0 Å². The second-order valence-corrected chi connectivity index (χ2v) is 6.85. The van der Waals surface area contributed by atoms with Crippen LogP contribution in [0.1, 0.15) is 13.8 Å². The molecular formula is C16H23Cl2N3O2S. The summed E-state index contributed by atoms with van der Waals surface area (Å²) in [6, 6.07) is 6.65. The van der Waals surface area contributed by atoms with Crippen LogP contribution in [0.4, 0.5) is 0 Å². The Morgan fingerprint density at radius 1 is 1.21 bits per heavy atom. The molecule has 0 radical (unpaired) electrons. The largest absolute Gasteiger partial charge is 0.312 e. The molecule has 8 heteroatoms. The lowest BCUT2D eigenvalue weighted by molar-refractivity contribution is 0.545. The first kappa shape index (κ1) is 22.8. The van der Waals surface area contributed by atoms with Crippen LogP contribution in [-0.2, 0) is 10.0 Å². The molecule has 2 rings (SSSR count). The number of aromatic nitrogens is 1. The van der Waals surface area contributed by atoms with Crippen molar-refractivity contribution in [3.05, 3.63) is 48.8 Å². The van der Waals surface area contributed by atoms with Gasteiger partial charge in [-0.25, -0.2) is 13.1 Å². The molecule has 0 amide bonds. The zero-order valence-corrected chi connectivity index (χ0v) is 16.0. The number of benzene rings is 1. The van der Waals surface area contributed by atoms with Crippen LogP contribution in [0, 0.1) is 0 Å². The predicted molar refractivity (Wildman–Crippen MR) is 104 cm³/mol. The monoisotopic (exact) mass is 391 g/mol. The lowest BCUT2D eigenvalue weighted by Crippen LogP contribution is -2.39. The Hall–Kier alpha value is -1.18. The minimum Gasteiger partial charge on any atom is -0.312 e. The average Bonchev–Trinajstić information content (AvgIpc) is 2.50. The van der Waals surface area contributed by atoms with E-state index in [9.17, 15) is 8.42 Å². The first-order valence-corrected chi connectivity index (χ1v) is 8.69. The molecule has 0 fully saturated rings. The molecule has 0 aliphatic carbocycles. The number of sulfonamides is 1. The zero-order valence-electron chi connectivity index (χ0n) is 13.6. The lowest BCUT2D eigenvalue weighted by Gasteiger charge is -2.15. The van der Waals surface area contributed by atoms with Crippen LogP contribution in [0.15, 0.2) is 53.7 Å². The summed E-state index contributed by atoms with van der Waals surface area (Å²) >= 11 is 0. The van der Waals surface area contributed by atoms with Gasteiger partial charge in [0.1, 0.15) is 0 Å². The molecule has 1 heterocycles. The minimum atomic E-state index is -3.52. The number of hydrogen-bond donors (Lipinski definition) is 2. The van der Waals surface area contributed by atoms with E-state index in [-0.39, 0.29) is 35.8 Å². The van der Waals surface area contributed by atoms with E-state index in [1.165, 1.54) is 0 Å². The number of halogens is 2. The Morgan fingerprint density at radius 3 is 2.67 bits per heavy atom. The van der Waals surface area contributed by atoms with Gasteiger partial charge in [-0.15, -0.1) is 24.8 Å². The van der Waals surface area contributed by atoms with Crippen molar-refractivity contribution >= 4 is 45.6 Å². The van der Waals surface area contributed by atoms with Gasteiger partial charge in [-0.05, 0) is 37.4 Å². The molecule has 2 N–H and O–H groups in total. The molecule has 2 aromatic rings. The van der Waals surface area contributed by atoms with Crippen molar-refractivity contribution in [2.75, 3.05) is 13.1 Å². The van der Waals surface area contributed by atoms with E-state index in [2.05, 4.69) is 15.0 Å². The normalized spacial score (nSPS) is 12.6. The van der Waals surface area contributed by atoms with E-state index in [0.29, 0.717) is 6.54 Å². The van der Waals surface area contributed by atoms with Gasteiger partial charge in [0, 0.05) is 36.9 Å². The number of fused-ring (bicyclic) bond motifs is 1. The van der Waals surface area contributed by atoms with Crippen LogP contribution in [0.3, 0.4) is 0 Å². The number of rotatable bonds is 7. The van der Waals surface area contributed by atoms with Crippen LogP contribution < -0.4 is 10.0 Å². The van der Waals surface area contributed by atoms with Gasteiger partial charge in [0.2, 0.25) is 10.0 Å². The maximum absolute atomic E-state index is 12.4. The topological polar surface area (TPSA) is 71.1 Å². The number of nitrogens with one attached hydrogen (secondary N) is 2. The molecule has 0 aliphatic rings. The molecule has 1 aromatic carbocycles. The smallest absolute Gasteiger partial charge is 0.240 e. The van der Waals surface area contributed by atoms with E-state index in [4.69, 9.17) is 0 Å². The molecule has 134 valence electrons. The van der Waals surface area contributed by atoms with E-state index in [1.807, 2.05) is 26.0 Å². The van der Waals surface area contributed by atoms with Gasteiger partial charge in [0.25, 0.3) is 0 Å². The van der Waals surface area contributed by atoms with Gasteiger partial charge in [0.05, 0.1) is 4.90 Å².